The second-order valence-corrected chi connectivity index (χ2v) is 6.27. The number of nitrogens with two attached hydrogens (primary N) is 1. The average Bonchev–Trinajstić information content (AvgIpc) is 2.62. The van der Waals surface area contributed by atoms with Crippen molar-refractivity contribution >= 4 is 21.6 Å². The summed E-state index contributed by atoms with van der Waals surface area (Å²) in [5.41, 5.74) is 8.12. The number of nitrogen functional groups attached to an aromatic ring is 1. The van der Waals surface area contributed by atoms with Crippen molar-refractivity contribution in [1.29, 1.82) is 0 Å². The number of benzene rings is 1. The van der Waals surface area contributed by atoms with Crippen molar-refractivity contribution in [3.05, 3.63) is 23.8 Å². The van der Waals surface area contributed by atoms with Crippen molar-refractivity contribution in [2.45, 2.75) is 32.7 Å². The zero-order chi connectivity index (χ0) is 13.3. The van der Waals surface area contributed by atoms with E-state index in [1.165, 1.54) is 4.31 Å². The van der Waals surface area contributed by atoms with Crippen LogP contribution in [0.3, 0.4) is 0 Å². The van der Waals surface area contributed by atoms with Gasteiger partial charge in [-0.25, -0.2) is 0 Å². The van der Waals surface area contributed by atoms with Crippen molar-refractivity contribution in [1.82, 2.24) is 4.72 Å². The number of hydrogen-bond acceptors (Lipinski definition) is 3. The lowest BCUT2D eigenvalue weighted by molar-refractivity contribution is 0.569. The lowest BCUT2D eigenvalue weighted by atomic mass is 10.1. The topological polar surface area (TPSA) is 75.4 Å². The van der Waals surface area contributed by atoms with Crippen molar-refractivity contribution in [2.75, 3.05) is 16.6 Å². The highest BCUT2D eigenvalue weighted by Crippen LogP contribution is 2.35. The fraction of sp³-hybridized carbons (Fsp3) is 0.500. The Balaban J connectivity index is 2.36. The largest absolute Gasteiger partial charge is 0.399 e. The van der Waals surface area contributed by atoms with Crippen LogP contribution in [0.5, 0.6) is 0 Å². The van der Waals surface area contributed by atoms with E-state index in [4.69, 9.17) is 5.73 Å². The van der Waals surface area contributed by atoms with Gasteiger partial charge in [0, 0.05) is 18.3 Å². The van der Waals surface area contributed by atoms with E-state index in [0.29, 0.717) is 18.7 Å². The first kappa shape index (κ1) is 13.2. The highest BCUT2D eigenvalue weighted by Gasteiger charge is 2.34. The number of anilines is 2. The molecule has 0 aromatic heterocycles. The van der Waals surface area contributed by atoms with Crippen molar-refractivity contribution in [3.63, 3.8) is 0 Å². The predicted molar refractivity (Wildman–Crippen MR) is 73.7 cm³/mol. The molecule has 1 aromatic carbocycles. The van der Waals surface area contributed by atoms with Gasteiger partial charge in [-0.05, 0) is 43.5 Å². The predicted octanol–water partition coefficient (Wildman–Crippen LogP) is 1.26. The summed E-state index contributed by atoms with van der Waals surface area (Å²) in [4.78, 5) is 0. The maximum absolute atomic E-state index is 12.2. The zero-order valence-corrected chi connectivity index (χ0v) is 11.5. The molecule has 0 aliphatic carbocycles. The Bertz CT molecular complexity index is 542. The summed E-state index contributed by atoms with van der Waals surface area (Å²) in [6.07, 6.45) is 1.48. The summed E-state index contributed by atoms with van der Waals surface area (Å²) in [7, 11) is -3.46. The molecule has 0 amide bonds. The molecule has 1 aromatic rings. The third-order valence-corrected chi connectivity index (χ3v) is 4.69. The van der Waals surface area contributed by atoms with Crippen molar-refractivity contribution in [2.24, 2.45) is 0 Å². The van der Waals surface area contributed by atoms with Gasteiger partial charge in [0.2, 0.25) is 0 Å². The molecular weight excluding hydrogens is 250 g/mol. The van der Waals surface area contributed by atoms with Crippen LogP contribution in [0.25, 0.3) is 0 Å². The van der Waals surface area contributed by atoms with Crippen LogP contribution in [0.15, 0.2) is 18.2 Å². The summed E-state index contributed by atoms with van der Waals surface area (Å²) in [6.45, 7) is 4.29. The molecule has 0 saturated heterocycles. The summed E-state index contributed by atoms with van der Waals surface area (Å²) in [5.74, 6) is 0. The highest BCUT2D eigenvalue weighted by molar-refractivity contribution is 7.90. The summed E-state index contributed by atoms with van der Waals surface area (Å²) >= 11 is 0. The number of hydrogen-bond donors (Lipinski definition) is 2. The Labute approximate surface area is 108 Å². The zero-order valence-electron chi connectivity index (χ0n) is 10.7. The molecule has 1 aliphatic heterocycles. The van der Waals surface area contributed by atoms with E-state index in [1.807, 2.05) is 19.9 Å². The summed E-state index contributed by atoms with van der Waals surface area (Å²) in [6, 6.07) is 5.29. The van der Waals surface area contributed by atoms with Gasteiger partial charge in [0.05, 0.1) is 5.69 Å². The molecule has 6 heteroatoms. The van der Waals surface area contributed by atoms with Gasteiger partial charge in [0.15, 0.2) is 0 Å². The van der Waals surface area contributed by atoms with Gasteiger partial charge in [-0.3, -0.25) is 4.31 Å². The number of rotatable bonds is 4. The molecule has 0 fully saturated rings. The second-order valence-electron chi connectivity index (χ2n) is 4.64. The SMILES string of the molecule is CCCNS(=O)(=O)N1c2ccc(N)cc2CC1C. The monoisotopic (exact) mass is 269 g/mol. The molecule has 3 N–H and O–H groups in total. The van der Waals surface area contributed by atoms with Gasteiger partial charge in [-0.15, -0.1) is 0 Å². The second kappa shape index (κ2) is 4.78. The molecule has 100 valence electrons. The van der Waals surface area contributed by atoms with Crippen LogP contribution in [-0.4, -0.2) is 21.0 Å². The molecule has 0 saturated carbocycles. The van der Waals surface area contributed by atoms with Gasteiger partial charge in [0.1, 0.15) is 0 Å². The first-order chi connectivity index (χ1) is 8.45. The lowest BCUT2D eigenvalue weighted by Gasteiger charge is -2.24. The number of fused-ring (bicyclic) bond motifs is 1. The molecule has 2 rings (SSSR count). The molecule has 1 heterocycles. The van der Waals surface area contributed by atoms with Crippen molar-refractivity contribution in [3.8, 4) is 0 Å². The quantitative estimate of drug-likeness (QED) is 0.808. The van der Waals surface area contributed by atoms with Crippen LogP contribution in [0.2, 0.25) is 0 Å². The normalized spacial score (nSPS) is 19.0. The molecule has 0 bridgehead atoms. The fourth-order valence-corrected chi connectivity index (χ4v) is 3.88. The van der Waals surface area contributed by atoms with E-state index in [9.17, 15) is 8.42 Å². The van der Waals surface area contributed by atoms with Crippen LogP contribution in [0, 0.1) is 0 Å². The Kier molecular flexibility index (Phi) is 3.49. The Morgan fingerprint density at radius 1 is 1.50 bits per heavy atom. The van der Waals surface area contributed by atoms with Gasteiger partial charge in [0.25, 0.3) is 0 Å². The first-order valence-electron chi connectivity index (χ1n) is 6.13. The van der Waals surface area contributed by atoms with E-state index in [2.05, 4.69) is 4.72 Å². The van der Waals surface area contributed by atoms with E-state index in [1.54, 1.807) is 12.1 Å². The molecule has 1 atom stereocenters. The molecule has 0 radical (unpaired) electrons. The van der Waals surface area contributed by atoms with Crippen LogP contribution >= 0.6 is 0 Å². The first-order valence-corrected chi connectivity index (χ1v) is 7.57. The van der Waals surface area contributed by atoms with Crippen molar-refractivity contribution < 1.29 is 8.42 Å². The minimum absolute atomic E-state index is 0.0730. The third kappa shape index (κ3) is 2.30. The molecule has 5 nitrogen and oxygen atoms in total. The van der Waals surface area contributed by atoms with E-state index >= 15 is 0 Å². The van der Waals surface area contributed by atoms with Crippen LogP contribution in [0.4, 0.5) is 11.4 Å². The number of nitrogens with zero attached hydrogens (tertiary/aromatic N) is 1. The molecular formula is C12H19N3O2S. The Morgan fingerprint density at radius 2 is 2.22 bits per heavy atom. The van der Waals surface area contributed by atoms with Crippen LogP contribution < -0.4 is 14.8 Å². The van der Waals surface area contributed by atoms with Gasteiger partial charge in [-0.1, -0.05) is 6.92 Å². The van der Waals surface area contributed by atoms with E-state index in [-0.39, 0.29) is 6.04 Å². The average molecular weight is 269 g/mol. The third-order valence-electron chi connectivity index (χ3n) is 3.05. The maximum atomic E-state index is 12.2. The smallest absolute Gasteiger partial charge is 0.301 e. The van der Waals surface area contributed by atoms with Gasteiger partial charge < -0.3 is 5.73 Å². The Morgan fingerprint density at radius 3 is 2.89 bits per heavy atom. The van der Waals surface area contributed by atoms with Gasteiger partial charge >= 0.3 is 10.2 Å². The van der Waals surface area contributed by atoms with E-state index < -0.39 is 10.2 Å². The molecule has 1 aliphatic rings. The van der Waals surface area contributed by atoms with Gasteiger partial charge in [-0.2, -0.15) is 13.1 Å². The standard InChI is InChI=1S/C12H19N3O2S/c1-3-6-14-18(16,17)15-9(2)7-10-8-11(13)4-5-12(10)15/h4-5,8-9,14H,3,6-7,13H2,1-2H3. The Hall–Kier alpha value is -1.27. The lowest BCUT2D eigenvalue weighted by Crippen LogP contribution is -2.44. The molecule has 1 unspecified atom stereocenters. The fourth-order valence-electron chi connectivity index (χ4n) is 2.29. The minimum Gasteiger partial charge on any atom is -0.399 e. The summed E-state index contributed by atoms with van der Waals surface area (Å²) in [5, 5.41) is 0. The molecule has 18 heavy (non-hydrogen) atoms. The summed E-state index contributed by atoms with van der Waals surface area (Å²) < 4.78 is 28.5. The van der Waals surface area contributed by atoms with Crippen LogP contribution in [-0.2, 0) is 16.6 Å². The maximum Gasteiger partial charge on any atom is 0.301 e. The van der Waals surface area contributed by atoms with E-state index in [0.717, 1.165) is 17.7 Å². The minimum atomic E-state index is -3.46. The number of nitrogens with one attached hydrogen (secondary N) is 1. The highest BCUT2D eigenvalue weighted by atomic mass is 32.2. The van der Waals surface area contributed by atoms with Crippen LogP contribution in [0.1, 0.15) is 25.8 Å². The molecule has 0 spiro atoms.